The van der Waals surface area contributed by atoms with Crippen LogP contribution in [0.25, 0.3) is 11.0 Å². The van der Waals surface area contributed by atoms with Crippen LogP contribution in [0.15, 0.2) is 47.4 Å². The second-order valence-corrected chi connectivity index (χ2v) is 7.71. The number of nitrogens with zero attached hydrogens (tertiary/aromatic N) is 2. The van der Waals surface area contributed by atoms with Crippen LogP contribution in [0, 0.1) is 0 Å². The molecule has 1 aliphatic rings. The van der Waals surface area contributed by atoms with Gasteiger partial charge in [-0.05, 0) is 35.9 Å². The van der Waals surface area contributed by atoms with Gasteiger partial charge in [0.25, 0.3) is 0 Å². The summed E-state index contributed by atoms with van der Waals surface area (Å²) < 4.78 is 29.6. The maximum atomic E-state index is 12.6. The number of aryl methyl sites for hydroxylation is 1. The average Bonchev–Trinajstić information content (AvgIpc) is 3.12. The number of rotatable bonds is 4. The molecule has 0 spiro atoms. The summed E-state index contributed by atoms with van der Waals surface area (Å²) in [6.45, 7) is 0.0851. The Balaban J connectivity index is 1.58. The molecule has 0 saturated carbocycles. The number of benzene rings is 2. The highest BCUT2D eigenvalue weighted by Gasteiger charge is 2.22. The molecule has 8 heteroatoms. The number of anilines is 1. The summed E-state index contributed by atoms with van der Waals surface area (Å²) in [5, 5.41) is 2.69. The Morgan fingerprint density at radius 3 is 2.84 bits per heavy atom. The average molecular weight is 356 g/mol. The van der Waals surface area contributed by atoms with Crippen LogP contribution in [0.4, 0.5) is 5.69 Å². The summed E-state index contributed by atoms with van der Waals surface area (Å²) in [5.74, 6) is 0.500. The Labute approximate surface area is 144 Å². The van der Waals surface area contributed by atoms with E-state index >= 15 is 0 Å². The van der Waals surface area contributed by atoms with Gasteiger partial charge in [0, 0.05) is 12.7 Å². The Bertz CT molecular complexity index is 1100. The molecule has 0 unspecified atom stereocenters. The molecule has 1 aliphatic heterocycles. The first-order valence-electron chi connectivity index (χ1n) is 7.77. The molecule has 0 saturated heterocycles. The highest BCUT2D eigenvalue weighted by Crippen LogP contribution is 2.25. The number of para-hydroxylation sites is 2. The molecule has 1 aromatic heterocycles. The summed E-state index contributed by atoms with van der Waals surface area (Å²) in [5.41, 5.74) is 3.12. The van der Waals surface area contributed by atoms with Crippen LogP contribution in [0.5, 0.6) is 0 Å². The Kier molecular flexibility index (Phi) is 3.59. The highest BCUT2D eigenvalue weighted by molar-refractivity contribution is 7.89. The van der Waals surface area contributed by atoms with Crippen LogP contribution < -0.4 is 10.0 Å². The number of carbonyl (C=O) groups excluding carboxylic acids is 1. The number of fused-ring (bicyclic) bond motifs is 2. The minimum atomic E-state index is -3.69. The molecule has 7 nitrogen and oxygen atoms in total. The van der Waals surface area contributed by atoms with E-state index in [0.717, 1.165) is 11.0 Å². The monoisotopic (exact) mass is 356 g/mol. The van der Waals surface area contributed by atoms with E-state index in [1.807, 2.05) is 35.9 Å². The number of aromatic nitrogens is 2. The molecule has 3 aromatic rings. The first kappa shape index (κ1) is 15.8. The second-order valence-electron chi connectivity index (χ2n) is 5.94. The van der Waals surface area contributed by atoms with Gasteiger partial charge in [0.1, 0.15) is 5.82 Å². The number of hydrogen-bond acceptors (Lipinski definition) is 4. The van der Waals surface area contributed by atoms with Crippen molar-refractivity contribution in [3.63, 3.8) is 0 Å². The molecule has 25 heavy (non-hydrogen) atoms. The van der Waals surface area contributed by atoms with Gasteiger partial charge in [0.2, 0.25) is 15.9 Å². The summed E-state index contributed by atoms with van der Waals surface area (Å²) in [4.78, 5) is 16.0. The zero-order valence-electron chi connectivity index (χ0n) is 13.5. The van der Waals surface area contributed by atoms with Crippen molar-refractivity contribution in [2.75, 3.05) is 5.32 Å². The molecule has 0 aliphatic carbocycles. The van der Waals surface area contributed by atoms with Gasteiger partial charge >= 0.3 is 0 Å². The number of carbonyl (C=O) groups is 1. The van der Waals surface area contributed by atoms with Gasteiger partial charge in [-0.25, -0.2) is 18.1 Å². The summed E-state index contributed by atoms with van der Waals surface area (Å²) in [7, 11) is -1.84. The third kappa shape index (κ3) is 2.79. The van der Waals surface area contributed by atoms with E-state index in [1.165, 1.54) is 12.1 Å². The van der Waals surface area contributed by atoms with Gasteiger partial charge in [-0.3, -0.25) is 4.79 Å². The van der Waals surface area contributed by atoms with Gasteiger partial charge in [0.15, 0.2) is 0 Å². The van der Waals surface area contributed by atoms with E-state index in [0.29, 0.717) is 17.1 Å². The number of amides is 1. The van der Waals surface area contributed by atoms with Crippen molar-refractivity contribution in [3.8, 4) is 0 Å². The molecular formula is C17H16N4O3S. The number of sulfonamides is 1. The number of nitrogens with one attached hydrogen (secondary N) is 2. The van der Waals surface area contributed by atoms with Crippen molar-refractivity contribution in [1.29, 1.82) is 0 Å². The molecule has 4 rings (SSSR count). The lowest BCUT2D eigenvalue weighted by Gasteiger charge is -2.08. The molecule has 2 N–H and O–H groups in total. The smallest absolute Gasteiger partial charge is 0.240 e. The predicted molar refractivity (Wildman–Crippen MR) is 93.5 cm³/mol. The molecule has 0 bridgehead atoms. The number of hydrogen-bond donors (Lipinski definition) is 2. The van der Waals surface area contributed by atoms with Crippen molar-refractivity contribution in [2.45, 2.75) is 17.9 Å². The van der Waals surface area contributed by atoms with Crippen molar-refractivity contribution in [2.24, 2.45) is 7.05 Å². The molecule has 2 aromatic carbocycles. The van der Waals surface area contributed by atoms with Gasteiger partial charge in [0.05, 0.1) is 28.9 Å². The van der Waals surface area contributed by atoms with Gasteiger partial charge in [-0.15, -0.1) is 0 Å². The zero-order chi connectivity index (χ0) is 17.6. The van der Waals surface area contributed by atoms with Crippen LogP contribution in [0.1, 0.15) is 11.4 Å². The highest BCUT2D eigenvalue weighted by atomic mass is 32.2. The summed E-state index contributed by atoms with van der Waals surface area (Å²) >= 11 is 0. The van der Waals surface area contributed by atoms with E-state index in [1.54, 1.807) is 6.07 Å². The molecule has 1 amide bonds. The lowest BCUT2D eigenvalue weighted by molar-refractivity contribution is -0.115. The van der Waals surface area contributed by atoms with Crippen molar-refractivity contribution in [3.05, 3.63) is 53.9 Å². The Hall–Kier alpha value is -2.71. The first-order valence-corrected chi connectivity index (χ1v) is 9.25. The minimum absolute atomic E-state index is 0.0851. The van der Waals surface area contributed by atoms with Crippen LogP contribution in [-0.2, 0) is 34.8 Å². The quantitative estimate of drug-likeness (QED) is 0.742. The molecule has 128 valence electrons. The lowest BCUT2D eigenvalue weighted by atomic mass is 10.2. The minimum Gasteiger partial charge on any atom is -0.330 e. The van der Waals surface area contributed by atoms with Crippen LogP contribution in [-0.4, -0.2) is 23.9 Å². The van der Waals surface area contributed by atoms with Crippen LogP contribution in [0.3, 0.4) is 0 Å². The lowest BCUT2D eigenvalue weighted by Crippen LogP contribution is -2.24. The SMILES string of the molecule is Cn1c(CNS(=O)(=O)c2ccc3c(c2)CC(=O)N3)nc2ccccc21. The molecular weight excluding hydrogens is 340 g/mol. The van der Waals surface area contributed by atoms with Crippen LogP contribution >= 0.6 is 0 Å². The third-order valence-electron chi connectivity index (χ3n) is 4.31. The third-order valence-corrected chi connectivity index (χ3v) is 5.71. The molecule has 0 radical (unpaired) electrons. The standard InChI is InChI=1S/C17H16N4O3S/c1-21-15-5-3-2-4-14(15)19-16(21)10-18-25(23,24)12-6-7-13-11(8-12)9-17(22)20-13/h2-8,18H,9-10H2,1H3,(H,20,22). The van der Waals surface area contributed by atoms with Crippen molar-refractivity contribution < 1.29 is 13.2 Å². The molecule has 0 atom stereocenters. The fourth-order valence-electron chi connectivity index (χ4n) is 2.97. The van der Waals surface area contributed by atoms with Crippen LogP contribution in [0.2, 0.25) is 0 Å². The van der Waals surface area contributed by atoms with E-state index in [-0.39, 0.29) is 23.8 Å². The van der Waals surface area contributed by atoms with Gasteiger partial charge in [-0.2, -0.15) is 0 Å². The van der Waals surface area contributed by atoms with Crippen molar-refractivity contribution in [1.82, 2.24) is 14.3 Å². The Morgan fingerprint density at radius 2 is 2.04 bits per heavy atom. The van der Waals surface area contributed by atoms with Gasteiger partial charge in [-0.1, -0.05) is 12.1 Å². The van der Waals surface area contributed by atoms with E-state index in [4.69, 9.17) is 0 Å². The fraction of sp³-hybridized carbons (Fsp3) is 0.176. The van der Waals surface area contributed by atoms with Gasteiger partial charge < -0.3 is 9.88 Å². The first-order chi connectivity index (χ1) is 11.9. The largest absolute Gasteiger partial charge is 0.330 e. The predicted octanol–water partition coefficient (Wildman–Crippen LogP) is 1.55. The van der Waals surface area contributed by atoms with E-state index in [2.05, 4.69) is 15.0 Å². The number of imidazole rings is 1. The summed E-state index contributed by atoms with van der Waals surface area (Å²) in [6, 6.07) is 12.3. The zero-order valence-corrected chi connectivity index (χ0v) is 14.3. The maximum Gasteiger partial charge on any atom is 0.240 e. The fourth-order valence-corrected chi connectivity index (χ4v) is 4.00. The topological polar surface area (TPSA) is 93.1 Å². The molecule has 2 heterocycles. The summed E-state index contributed by atoms with van der Waals surface area (Å²) in [6.07, 6.45) is 0.198. The van der Waals surface area contributed by atoms with E-state index < -0.39 is 10.0 Å². The van der Waals surface area contributed by atoms with Crippen molar-refractivity contribution >= 4 is 32.7 Å². The second kappa shape index (κ2) is 5.68. The normalized spacial score (nSPS) is 13.9. The van der Waals surface area contributed by atoms with E-state index in [9.17, 15) is 13.2 Å². The molecule has 0 fully saturated rings. The Morgan fingerprint density at radius 1 is 1.24 bits per heavy atom. The maximum absolute atomic E-state index is 12.6.